The van der Waals surface area contributed by atoms with E-state index >= 15 is 0 Å². The number of rotatable bonds is 2. The summed E-state index contributed by atoms with van der Waals surface area (Å²) in [7, 11) is 0. The van der Waals surface area contributed by atoms with Gasteiger partial charge in [0.15, 0.2) is 0 Å². The molecule has 0 bridgehead atoms. The van der Waals surface area contributed by atoms with Crippen LogP contribution in [0.3, 0.4) is 0 Å². The van der Waals surface area contributed by atoms with Crippen molar-refractivity contribution in [3.8, 4) is 0 Å². The van der Waals surface area contributed by atoms with Gasteiger partial charge in [-0.15, -0.1) is 11.8 Å². The number of thioether (sulfide) groups is 1. The van der Waals surface area contributed by atoms with E-state index in [0.29, 0.717) is 6.54 Å². The lowest BCUT2D eigenvalue weighted by atomic mass is 10.2. The summed E-state index contributed by atoms with van der Waals surface area (Å²) in [4.78, 5) is 14.2. The van der Waals surface area contributed by atoms with Crippen LogP contribution in [0.5, 0.6) is 0 Å². The van der Waals surface area contributed by atoms with E-state index in [1.807, 2.05) is 32.5 Å². The average Bonchev–Trinajstić information content (AvgIpc) is 2.64. The van der Waals surface area contributed by atoms with Crippen LogP contribution in [0.4, 0.5) is 4.79 Å². The van der Waals surface area contributed by atoms with Crippen molar-refractivity contribution in [3.05, 3.63) is 0 Å². The maximum absolute atomic E-state index is 11.4. The van der Waals surface area contributed by atoms with E-state index in [-0.39, 0.29) is 0 Å². The molecule has 0 radical (unpaired) electrons. The van der Waals surface area contributed by atoms with Gasteiger partial charge in [-0.2, -0.15) is 0 Å². The molecular weight excluding hydrogens is 244 g/mol. The van der Waals surface area contributed by atoms with Crippen molar-refractivity contribution in [2.75, 3.05) is 24.7 Å². The van der Waals surface area contributed by atoms with Crippen LogP contribution >= 0.6 is 24.0 Å². The van der Waals surface area contributed by atoms with Gasteiger partial charge in [0.1, 0.15) is 5.60 Å². The maximum atomic E-state index is 11.4. The third-order valence-electron chi connectivity index (χ3n) is 1.89. The molecule has 1 heterocycles. The van der Waals surface area contributed by atoms with E-state index in [9.17, 15) is 4.79 Å². The topological polar surface area (TPSA) is 41.6 Å². The van der Waals surface area contributed by atoms with E-state index in [0.717, 1.165) is 23.2 Å². The van der Waals surface area contributed by atoms with Gasteiger partial charge in [-0.3, -0.25) is 0 Å². The summed E-state index contributed by atoms with van der Waals surface area (Å²) < 4.78 is 5.12. The molecule has 0 aromatic carbocycles. The molecule has 1 N–H and O–H groups in total. The van der Waals surface area contributed by atoms with Crippen LogP contribution in [0.1, 0.15) is 20.8 Å². The third kappa shape index (κ3) is 5.03. The number of carbonyl (C=O) groups is 1. The van der Waals surface area contributed by atoms with Crippen LogP contribution in [-0.2, 0) is 4.74 Å². The fourth-order valence-corrected chi connectivity index (χ4v) is 2.48. The van der Waals surface area contributed by atoms with Crippen LogP contribution in [-0.4, -0.2) is 46.3 Å². The molecule has 92 valence electrons. The first-order valence-corrected chi connectivity index (χ1v) is 6.77. The van der Waals surface area contributed by atoms with E-state index in [2.05, 4.69) is 10.2 Å². The van der Waals surface area contributed by atoms with Crippen molar-refractivity contribution in [1.29, 1.82) is 0 Å². The molecule has 1 aliphatic rings. The largest absolute Gasteiger partial charge is 0.444 e. The van der Waals surface area contributed by atoms with Crippen molar-refractivity contribution in [2.45, 2.75) is 26.4 Å². The maximum Gasteiger partial charge on any atom is 0.408 e. The molecule has 0 unspecified atom stereocenters. The third-order valence-corrected chi connectivity index (χ3v) is 3.26. The van der Waals surface area contributed by atoms with Crippen molar-refractivity contribution in [2.24, 2.45) is 0 Å². The van der Waals surface area contributed by atoms with Gasteiger partial charge >= 0.3 is 6.09 Å². The van der Waals surface area contributed by atoms with Gasteiger partial charge in [0.2, 0.25) is 0 Å². The summed E-state index contributed by atoms with van der Waals surface area (Å²) in [5, 5.41) is 2.66. The Morgan fingerprint density at radius 1 is 1.56 bits per heavy atom. The number of amides is 1. The highest BCUT2D eigenvalue weighted by molar-refractivity contribution is 7.99. The lowest BCUT2D eigenvalue weighted by molar-refractivity contribution is 0.0535. The number of ether oxygens (including phenoxy) is 1. The zero-order valence-corrected chi connectivity index (χ0v) is 11.5. The number of hydrogen-bond acceptors (Lipinski definition) is 4. The number of thiocarbonyl (C=S) groups is 1. The van der Waals surface area contributed by atoms with Crippen LogP contribution in [0, 0.1) is 0 Å². The lowest BCUT2D eigenvalue weighted by Crippen LogP contribution is -2.40. The minimum Gasteiger partial charge on any atom is -0.444 e. The molecule has 1 rings (SSSR count). The molecule has 0 aromatic rings. The summed E-state index contributed by atoms with van der Waals surface area (Å²) in [6.07, 6.45) is -0.415. The Labute approximate surface area is 106 Å². The minimum absolute atomic E-state index is 0.380. The molecule has 0 spiro atoms. The van der Waals surface area contributed by atoms with Gasteiger partial charge in [-0.1, -0.05) is 12.2 Å². The standard InChI is InChI=1S/C10H18N2O2S2/c1-10(2,3)14-9(13)11-6-8(15)12-4-5-16-7-12/h4-7H2,1-3H3,(H,11,13). The van der Waals surface area contributed by atoms with Crippen LogP contribution in [0.2, 0.25) is 0 Å². The molecule has 0 atom stereocenters. The van der Waals surface area contributed by atoms with Crippen LogP contribution < -0.4 is 5.32 Å². The normalized spacial score (nSPS) is 16.1. The highest BCUT2D eigenvalue weighted by Gasteiger charge is 2.18. The van der Waals surface area contributed by atoms with Gasteiger partial charge in [-0.05, 0) is 20.8 Å². The first-order chi connectivity index (χ1) is 7.38. The van der Waals surface area contributed by atoms with Gasteiger partial charge in [-0.25, -0.2) is 4.79 Å². The molecule has 4 nitrogen and oxygen atoms in total. The van der Waals surface area contributed by atoms with Gasteiger partial charge < -0.3 is 15.0 Å². The zero-order valence-electron chi connectivity index (χ0n) is 9.91. The summed E-state index contributed by atoms with van der Waals surface area (Å²) in [6, 6.07) is 0. The predicted molar refractivity (Wildman–Crippen MR) is 70.9 cm³/mol. The van der Waals surface area contributed by atoms with Crippen LogP contribution in [0.25, 0.3) is 0 Å². The van der Waals surface area contributed by atoms with Crippen molar-refractivity contribution in [1.82, 2.24) is 10.2 Å². The van der Waals surface area contributed by atoms with Crippen molar-refractivity contribution in [3.63, 3.8) is 0 Å². The average molecular weight is 262 g/mol. The highest BCUT2D eigenvalue weighted by Crippen LogP contribution is 2.13. The van der Waals surface area contributed by atoms with E-state index in [4.69, 9.17) is 17.0 Å². The molecule has 16 heavy (non-hydrogen) atoms. The SMILES string of the molecule is CC(C)(C)OC(=O)NCC(=S)N1CCSC1. The van der Waals surface area contributed by atoms with Gasteiger partial charge in [0, 0.05) is 12.3 Å². The molecule has 0 aromatic heterocycles. The van der Waals surface area contributed by atoms with E-state index < -0.39 is 11.7 Å². The Kier molecular flexibility index (Phi) is 4.86. The van der Waals surface area contributed by atoms with Gasteiger partial charge in [0.25, 0.3) is 0 Å². The lowest BCUT2D eigenvalue weighted by Gasteiger charge is -2.21. The monoisotopic (exact) mass is 262 g/mol. The second-order valence-electron chi connectivity index (χ2n) is 4.55. The van der Waals surface area contributed by atoms with Crippen molar-refractivity contribution >= 4 is 35.1 Å². The number of nitrogens with one attached hydrogen (secondary N) is 1. The molecule has 0 aliphatic carbocycles. The first kappa shape index (κ1) is 13.6. The molecule has 0 saturated carbocycles. The quantitative estimate of drug-likeness (QED) is 0.769. The van der Waals surface area contributed by atoms with E-state index in [1.54, 1.807) is 0 Å². The molecule has 1 amide bonds. The Morgan fingerprint density at radius 3 is 2.75 bits per heavy atom. The molecule has 6 heteroatoms. The van der Waals surface area contributed by atoms with Crippen LogP contribution in [0.15, 0.2) is 0 Å². The smallest absolute Gasteiger partial charge is 0.408 e. The predicted octanol–water partition coefficient (Wildman–Crippen LogP) is 1.84. The molecular formula is C10H18N2O2S2. The minimum atomic E-state index is -0.463. The Morgan fingerprint density at radius 2 is 2.25 bits per heavy atom. The fraction of sp³-hybridized carbons (Fsp3) is 0.800. The molecule has 1 aliphatic heterocycles. The highest BCUT2D eigenvalue weighted by atomic mass is 32.2. The van der Waals surface area contributed by atoms with Crippen molar-refractivity contribution < 1.29 is 9.53 Å². The summed E-state index contributed by atoms with van der Waals surface area (Å²) in [6.45, 7) is 6.86. The fourth-order valence-electron chi connectivity index (χ4n) is 1.18. The Bertz CT molecular complexity index is 270. The molecule has 1 fully saturated rings. The number of alkyl carbamates (subject to hydrolysis) is 1. The second-order valence-corrected chi connectivity index (χ2v) is 6.10. The second kappa shape index (κ2) is 5.72. The Balaban J connectivity index is 2.23. The zero-order chi connectivity index (χ0) is 12.2. The number of carbonyl (C=O) groups excluding carboxylic acids is 1. The summed E-state index contributed by atoms with van der Waals surface area (Å²) in [5.41, 5.74) is -0.463. The number of hydrogen-bond donors (Lipinski definition) is 1. The molecule has 1 saturated heterocycles. The van der Waals surface area contributed by atoms with Gasteiger partial charge in [0.05, 0.1) is 17.4 Å². The summed E-state index contributed by atoms with van der Waals surface area (Å²) >= 11 is 7.07. The first-order valence-electron chi connectivity index (χ1n) is 5.21. The van der Waals surface area contributed by atoms with E-state index in [1.165, 1.54) is 0 Å². The number of nitrogens with zero attached hydrogens (tertiary/aromatic N) is 1. The Hall–Kier alpha value is -0.490. The summed E-state index contributed by atoms with van der Waals surface area (Å²) in [5.74, 6) is 2.03.